The Morgan fingerprint density at radius 1 is 1.35 bits per heavy atom. The number of benzene rings is 1. The van der Waals surface area contributed by atoms with E-state index in [1.807, 2.05) is 17.6 Å². The normalized spacial score (nSPS) is 18.8. The number of nitrogens with zero attached hydrogens (tertiary/aromatic N) is 4. The Morgan fingerprint density at radius 2 is 2.02 bits per heavy atom. The number of aromatic nitrogens is 2. The van der Waals surface area contributed by atoms with Crippen LogP contribution in [0.3, 0.4) is 0 Å². The van der Waals surface area contributed by atoms with Crippen LogP contribution in [0.1, 0.15) is 29.5 Å². The molecule has 212 valence electrons. The number of thioether (sulfide) groups is 1. The summed E-state index contributed by atoms with van der Waals surface area (Å²) in [7, 11) is 0. The second kappa shape index (κ2) is 11.5. The second-order valence-corrected chi connectivity index (χ2v) is 11.3. The Balaban J connectivity index is 0.00000370. The van der Waals surface area contributed by atoms with Gasteiger partial charge in [0.2, 0.25) is 15.8 Å². The first kappa shape index (κ1) is 30.0. The fourth-order valence-electron chi connectivity index (χ4n) is 5.24. The first-order chi connectivity index (χ1) is 18.5. The average Bonchev–Trinajstić information content (AvgIpc) is 3.50. The van der Waals surface area contributed by atoms with Gasteiger partial charge in [-0.2, -0.15) is 4.40 Å². The van der Waals surface area contributed by atoms with E-state index in [1.54, 1.807) is 17.8 Å². The Labute approximate surface area is 253 Å². The molecule has 5 rings (SSSR count). The van der Waals surface area contributed by atoms with E-state index in [-0.39, 0.29) is 60.5 Å². The number of ether oxygens (including phenoxy) is 1. The van der Waals surface area contributed by atoms with Gasteiger partial charge in [-0.3, -0.25) is 19.7 Å². The lowest BCUT2D eigenvalue weighted by molar-refractivity contribution is -0.717. The number of aliphatic hydroxyl groups is 1. The van der Waals surface area contributed by atoms with E-state index in [9.17, 15) is 29.6 Å². The Morgan fingerprint density at radius 3 is 2.60 bits per heavy atom. The summed E-state index contributed by atoms with van der Waals surface area (Å²) in [6.07, 6.45) is 3.20. The van der Waals surface area contributed by atoms with Crippen LogP contribution in [-0.4, -0.2) is 55.5 Å². The van der Waals surface area contributed by atoms with Crippen molar-refractivity contribution >= 4 is 57.0 Å². The molecule has 2 aliphatic rings. The van der Waals surface area contributed by atoms with Gasteiger partial charge in [-0.05, 0) is 44.2 Å². The maximum atomic E-state index is 13.4. The molecule has 0 saturated carbocycles. The van der Waals surface area contributed by atoms with Gasteiger partial charge < -0.3 is 44.5 Å². The molecule has 2 aliphatic heterocycles. The predicted molar refractivity (Wildman–Crippen MR) is 141 cm³/mol. The minimum absolute atomic E-state index is 0. The van der Waals surface area contributed by atoms with Gasteiger partial charge in [-0.15, -0.1) is 0 Å². The third kappa shape index (κ3) is 4.99. The number of non-ortho nitro benzene ring substituents is 1. The SMILES string of the molecule is CSc1c2sc(C3=C(C(=O)OCc4ccc([N+](=O)[O-])cc4)N4C(=O)[C@H]([C@@H](C)O)[C@H]4C3)c(C)n2c[n+]1CC(N)=O.[I-]. The van der Waals surface area contributed by atoms with Gasteiger partial charge in [0.15, 0.2) is 6.54 Å². The third-order valence-corrected chi connectivity index (χ3v) is 9.31. The number of β-lactam (4-membered cyclic amide) rings is 1. The number of aryl methyl sites for hydroxylation is 1. The number of hydrogen-bond acceptors (Lipinski definition) is 9. The molecule has 0 spiro atoms. The highest BCUT2D eigenvalue weighted by atomic mass is 127. The predicted octanol–water partition coefficient (Wildman–Crippen LogP) is -1.22. The highest BCUT2D eigenvalue weighted by Crippen LogP contribution is 2.49. The van der Waals surface area contributed by atoms with Crippen LogP contribution >= 0.6 is 23.1 Å². The van der Waals surface area contributed by atoms with E-state index in [1.165, 1.54) is 52.3 Å². The van der Waals surface area contributed by atoms with Gasteiger partial charge in [-0.1, -0.05) is 23.1 Å². The first-order valence-corrected chi connectivity index (χ1v) is 14.1. The monoisotopic (exact) mass is 699 g/mol. The number of carbonyl (C=O) groups is 3. The molecule has 2 aromatic heterocycles. The number of halogens is 1. The highest BCUT2D eigenvalue weighted by molar-refractivity contribution is 7.98. The molecule has 15 heteroatoms. The van der Waals surface area contributed by atoms with Crippen molar-refractivity contribution in [3.8, 4) is 0 Å². The molecular formula is C25H26IN5O7S2. The van der Waals surface area contributed by atoms with Crippen LogP contribution in [0.25, 0.3) is 10.4 Å². The number of carbonyl (C=O) groups excluding carboxylic acids is 3. The number of nitro groups is 1. The maximum Gasteiger partial charge on any atom is 0.355 e. The molecule has 3 aromatic rings. The summed E-state index contributed by atoms with van der Waals surface area (Å²) in [4.78, 5) is 51.5. The van der Waals surface area contributed by atoms with Gasteiger partial charge in [0.1, 0.15) is 18.0 Å². The topological polar surface area (TPSA) is 161 Å². The minimum atomic E-state index is -0.869. The van der Waals surface area contributed by atoms with E-state index >= 15 is 0 Å². The van der Waals surface area contributed by atoms with Crippen molar-refractivity contribution in [3.63, 3.8) is 0 Å². The number of esters is 1. The van der Waals surface area contributed by atoms with E-state index in [0.717, 1.165) is 20.4 Å². The minimum Gasteiger partial charge on any atom is -1.00 e. The molecule has 0 unspecified atom stereocenters. The quantitative estimate of drug-likeness (QED) is 0.0535. The fraction of sp³-hybridized carbons (Fsp3) is 0.360. The molecule has 0 bridgehead atoms. The molecule has 3 N–H and O–H groups in total. The summed E-state index contributed by atoms with van der Waals surface area (Å²) in [5.74, 6) is -2.10. The number of hydrogen-bond donors (Lipinski definition) is 2. The van der Waals surface area contributed by atoms with Gasteiger partial charge in [0, 0.05) is 17.7 Å². The summed E-state index contributed by atoms with van der Waals surface area (Å²) in [5.41, 5.74) is 7.53. The summed E-state index contributed by atoms with van der Waals surface area (Å²) >= 11 is 2.91. The van der Waals surface area contributed by atoms with Gasteiger partial charge >= 0.3 is 5.97 Å². The Bertz CT molecular complexity index is 1560. The number of thiazole rings is 1. The van der Waals surface area contributed by atoms with Gasteiger partial charge in [-0.25, -0.2) is 9.36 Å². The molecule has 1 fully saturated rings. The molecular weight excluding hydrogens is 673 g/mol. The van der Waals surface area contributed by atoms with Crippen LogP contribution in [-0.2, 0) is 32.3 Å². The second-order valence-electron chi connectivity index (χ2n) is 9.48. The van der Waals surface area contributed by atoms with E-state index in [0.29, 0.717) is 17.6 Å². The summed E-state index contributed by atoms with van der Waals surface area (Å²) < 4.78 is 9.29. The molecule has 2 amide bonds. The van der Waals surface area contributed by atoms with Crippen LogP contribution < -0.4 is 34.3 Å². The summed E-state index contributed by atoms with van der Waals surface area (Å²) in [6, 6.07) is 5.31. The Hall–Kier alpha value is -3.02. The molecule has 1 saturated heterocycles. The van der Waals surface area contributed by atoms with Crippen molar-refractivity contribution in [2.24, 2.45) is 11.7 Å². The number of amides is 2. The number of primary amides is 1. The molecule has 12 nitrogen and oxygen atoms in total. The average molecular weight is 700 g/mol. The van der Waals surface area contributed by atoms with Crippen LogP contribution in [0.2, 0.25) is 0 Å². The smallest absolute Gasteiger partial charge is 0.355 e. The van der Waals surface area contributed by atoms with E-state index in [4.69, 9.17) is 10.5 Å². The maximum absolute atomic E-state index is 13.4. The molecule has 1 aromatic carbocycles. The van der Waals surface area contributed by atoms with Crippen LogP contribution in [0, 0.1) is 23.0 Å². The summed E-state index contributed by atoms with van der Waals surface area (Å²) in [5, 5.41) is 22.0. The zero-order valence-electron chi connectivity index (χ0n) is 21.7. The number of aliphatic hydroxyl groups excluding tert-OH is 1. The first-order valence-electron chi connectivity index (χ1n) is 12.0. The lowest BCUT2D eigenvalue weighted by atomic mass is 9.83. The van der Waals surface area contributed by atoms with Crippen molar-refractivity contribution in [1.29, 1.82) is 0 Å². The zero-order chi connectivity index (χ0) is 28.2. The third-order valence-electron chi connectivity index (χ3n) is 7.04. The van der Waals surface area contributed by atoms with Gasteiger partial charge in [0.25, 0.3) is 17.9 Å². The van der Waals surface area contributed by atoms with Crippen LogP contribution in [0.15, 0.2) is 41.3 Å². The zero-order valence-corrected chi connectivity index (χ0v) is 25.5. The standard InChI is InChI=1S/C25H25N5O7S2.HI/c1-12-21(39-24-23(38-3)27(9-18(26)32)11-28(12)24)16-8-17-19(13(2)31)22(33)29(17)20(16)25(34)37-10-14-4-6-15(7-5-14)30(35)36;/h4-7,11,13,17,19,31H,8-10H2,1-3H3,(H-,26,32);1H/t13-,17-,19-;/m1./s1. The van der Waals surface area contributed by atoms with Crippen molar-refractivity contribution in [2.45, 2.75) is 50.6 Å². The van der Waals surface area contributed by atoms with Crippen molar-refractivity contribution in [1.82, 2.24) is 9.30 Å². The van der Waals surface area contributed by atoms with E-state index < -0.39 is 28.8 Å². The molecule has 3 atom stereocenters. The lowest BCUT2D eigenvalue weighted by Crippen LogP contribution is -3.00. The van der Waals surface area contributed by atoms with E-state index in [2.05, 4.69) is 0 Å². The number of rotatable bonds is 9. The number of nitrogens with two attached hydrogens (primary N) is 1. The Kier molecular flexibility index (Phi) is 8.58. The van der Waals surface area contributed by atoms with Gasteiger partial charge in [0.05, 0.1) is 27.9 Å². The molecule has 0 aliphatic carbocycles. The van der Waals surface area contributed by atoms with Crippen molar-refractivity contribution in [2.75, 3.05) is 6.26 Å². The number of fused-ring (bicyclic) bond motifs is 2. The fourth-order valence-corrected chi connectivity index (χ4v) is 7.46. The lowest BCUT2D eigenvalue weighted by Gasteiger charge is -2.44. The highest BCUT2D eigenvalue weighted by Gasteiger charge is 2.57. The van der Waals surface area contributed by atoms with Crippen molar-refractivity contribution < 1.29 is 57.7 Å². The molecule has 0 radical (unpaired) electrons. The van der Waals surface area contributed by atoms with Crippen LogP contribution in [0.5, 0.6) is 0 Å². The van der Waals surface area contributed by atoms with Crippen LogP contribution in [0.4, 0.5) is 5.69 Å². The molecule has 40 heavy (non-hydrogen) atoms. The number of imidazole rings is 1. The molecule has 4 heterocycles. The number of nitro benzene ring substituents is 1. The largest absolute Gasteiger partial charge is 1.00 e. The van der Waals surface area contributed by atoms with Crippen molar-refractivity contribution in [3.05, 3.63) is 62.5 Å². The summed E-state index contributed by atoms with van der Waals surface area (Å²) in [6.45, 7) is 3.36.